The van der Waals surface area contributed by atoms with E-state index >= 15 is 0 Å². The molecule has 5 heteroatoms. The number of nitrogens with one attached hydrogen (secondary N) is 1. The lowest BCUT2D eigenvalue weighted by Gasteiger charge is -2.32. The molecular formula is C27H26FN3O. The van der Waals surface area contributed by atoms with Gasteiger partial charge in [0, 0.05) is 52.4 Å². The van der Waals surface area contributed by atoms with E-state index in [-0.39, 0.29) is 17.6 Å². The van der Waals surface area contributed by atoms with Gasteiger partial charge in [-0.2, -0.15) is 0 Å². The maximum Gasteiger partial charge on any atom is 0.253 e. The zero-order valence-corrected chi connectivity index (χ0v) is 18.4. The number of halogens is 1. The Labute approximate surface area is 187 Å². The van der Waals surface area contributed by atoms with Crippen molar-refractivity contribution in [2.75, 3.05) is 13.1 Å². The van der Waals surface area contributed by atoms with Crippen LogP contribution in [-0.4, -0.2) is 33.9 Å². The van der Waals surface area contributed by atoms with Crippen molar-refractivity contribution in [3.05, 3.63) is 89.0 Å². The van der Waals surface area contributed by atoms with Gasteiger partial charge in [0.05, 0.1) is 5.69 Å². The Hall–Kier alpha value is -3.47. The second-order valence-electron chi connectivity index (χ2n) is 8.68. The number of pyridine rings is 1. The third kappa shape index (κ3) is 3.79. The zero-order valence-electron chi connectivity index (χ0n) is 18.4. The van der Waals surface area contributed by atoms with Crippen molar-refractivity contribution in [2.45, 2.75) is 32.6 Å². The predicted molar refractivity (Wildman–Crippen MR) is 125 cm³/mol. The molecule has 1 aliphatic heterocycles. The summed E-state index contributed by atoms with van der Waals surface area (Å²) in [4.78, 5) is 23.5. The van der Waals surface area contributed by atoms with E-state index in [9.17, 15) is 9.18 Å². The van der Waals surface area contributed by atoms with Crippen molar-refractivity contribution in [2.24, 2.45) is 0 Å². The highest BCUT2D eigenvalue weighted by atomic mass is 19.1. The van der Waals surface area contributed by atoms with Crippen LogP contribution >= 0.6 is 0 Å². The van der Waals surface area contributed by atoms with Crippen molar-refractivity contribution in [3.63, 3.8) is 0 Å². The van der Waals surface area contributed by atoms with Crippen LogP contribution in [0.1, 0.15) is 46.1 Å². The molecule has 0 saturated carbocycles. The van der Waals surface area contributed by atoms with E-state index in [1.165, 1.54) is 17.7 Å². The number of carbonyl (C=O) groups excluding carboxylic acids is 1. The van der Waals surface area contributed by atoms with Crippen LogP contribution in [0.5, 0.6) is 0 Å². The number of aromatic nitrogens is 2. The minimum atomic E-state index is -0.255. The molecule has 0 spiro atoms. The fourth-order valence-electron chi connectivity index (χ4n) is 4.65. The molecule has 2 aromatic carbocycles. The summed E-state index contributed by atoms with van der Waals surface area (Å²) in [6, 6.07) is 18.3. The van der Waals surface area contributed by atoms with Gasteiger partial charge in [-0.3, -0.25) is 9.78 Å². The summed E-state index contributed by atoms with van der Waals surface area (Å²) in [5.74, 6) is -0.00259. The first kappa shape index (κ1) is 20.4. The lowest BCUT2D eigenvalue weighted by Crippen LogP contribution is -2.39. The van der Waals surface area contributed by atoms with Gasteiger partial charge in [0.15, 0.2) is 0 Å². The van der Waals surface area contributed by atoms with Crippen molar-refractivity contribution in [3.8, 4) is 11.3 Å². The summed E-state index contributed by atoms with van der Waals surface area (Å²) < 4.78 is 13.3. The van der Waals surface area contributed by atoms with E-state index in [1.807, 2.05) is 41.3 Å². The number of aryl methyl sites for hydroxylation is 2. The van der Waals surface area contributed by atoms with Crippen LogP contribution in [0.15, 0.2) is 60.7 Å². The Balaban J connectivity index is 1.37. The fourth-order valence-corrected chi connectivity index (χ4v) is 4.65. The van der Waals surface area contributed by atoms with Crippen molar-refractivity contribution in [1.29, 1.82) is 0 Å². The molecular weight excluding hydrogens is 401 g/mol. The monoisotopic (exact) mass is 427 g/mol. The van der Waals surface area contributed by atoms with Gasteiger partial charge in [-0.25, -0.2) is 4.39 Å². The fraction of sp³-hybridized carbons (Fsp3) is 0.259. The molecule has 1 atom stereocenters. The number of benzene rings is 2. The molecule has 5 rings (SSSR count). The summed E-state index contributed by atoms with van der Waals surface area (Å²) in [5.41, 5.74) is 6.78. The first-order valence-corrected chi connectivity index (χ1v) is 11.1. The van der Waals surface area contributed by atoms with Crippen molar-refractivity contribution in [1.82, 2.24) is 14.9 Å². The van der Waals surface area contributed by atoms with E-state index in [1.54, 1.807) is 12.1 Å². The number of nitrogens with zero attached hydrogens (tertiary/aromatic N) is 2. The van der Waals surface area contributed by atoms with E-state index in [0.717, 1.165) is 52.9 Å². The van der Waals surface area contributed by atoms with Crippen molar-refractivity contribution < 1.29 is 9.18 Å². The highest BCUT2D eigenvalue weighted by Gasteiger charge is 2.27. The smallest absolute Gasteiger partial charge is 0.253 e. The molecule has 0 bridgehead atoms. The molecule has 1 fully saturated rings. The summed E-state index contributed by atoms with van der Waals surface area (Å²) in [6.45, 7) is 5.56. The number of carbonyl (C=O) groups is 1. The van der Waals surface area contributed by atoms with Gasteiger partial charge in [-0.05, 0) is 80.8 Å². The molecule has 1 saturated heterocycles. The summed E-state index contributed by atoms with van der Waals surface area (Å²) in [6.07, 6.45) is 1.94. The van der Waals surface area contributed by atoms with Gasteiger partial charge < -0.3 is 9.88 Å². The second kappa shape index (κ2) is 8.23. The second-order valence-corrected chi connectivity index (χ2v) is 8.68. The molecule has 1 aliphatic rings. The van der Waals surface area contributed by atoms with Crippen LogP contribution in [0.2, 0.25) is 0 Å². The number of likely N-dealkylation sites (tertiary alicyclic amines) is 1. The molecule has 0 aliphatic carbocycles. The minimum Gasteiger partial charge on any atom is -0.358 e. The quantitative estimate of drug-likeness (QED) is 0.436. The summed E-state index contributed by atoms with van der Waals surface area (Å²) >= 11 is 0. The zero-order chi connectivity index (χ0) is 22.2. The Morgan fingerprint density at radius 1 is 1.09 bits per heavy atom. The van der Waals surface area contributed by atoms with E-state index < -0.39 is 0 Å². The number of hydrogen-bond acceptors (Lipinski definition) is 2. The van der Waals surface area contributed by atoms with E-state index in [2.05, 4.69) is 18.8 Å². The SMILES string of the molecule is Cc1[nH]c2cc(C(=O)N3CCC[C@@H](c4cccc(-c5ccc(F)cc5)n4)C3)ccc2c1C. The third-order valence-corrected chi connectivity index (χ3v) is 6.59. The van der Waals surface area contributed by atoms with Gasteiger partial charge in [-0.1, -0.05) is 12.1 Å². The number of fused-ring (bicyclic) bond motifs is 1. The maximum atomic E-state index is 13.3. The molecule has 1 N–H and O–H groups in total. The normalized spacial score (nSPS) is 16.5. The molecule has 3 heterocycles. The van der Waals surface area contributed by atoms with Crippen LogP contribution < -0.4 is 0 Å². The van der Waals surface area contributed by atoms with Crippen LogP contribution in [-0.2, 0) is 0 Å². The standard InChI is InChI=1S/C27H26FN3O/c1-17-18(2)29-26-15-20(10-13-23(17)26)27(32)31-14-4-5-21(16-31)25-7-3-6-24(30-25)19-8-11-22(28)12-9-19/h3,6-13,15,21,29H,4-5,14,16H2,1-2H3/t21-/m1/s1. The molecule has 162 valence electrons. The number of H-pyrrole nitrogens is 1. The average Bonchev–Trinajstić information content (AvgIpc) is 3.12. The first-order valence-electron chi connectivity index (χ1n) is 11.1. The number of piperidine rings is 1. The van der Waals surface area contributed by atoms with E-state index in [0.29, 0.717) is 12.1 Å². The Bertz CT molecular complexity index is 1290. The Morgan fingerprint density at radius 2 is 1.91 bits per heavy atom. The van der Waals surface area contributed by atoms with Crippen molar-refractivity contribution >= 4 is 16.8 Å². The summed E-state index contributed by atoms with van der Waals surface area (Å²) in [7, 11) is 0. The molecule has 4 aromatic rings. The number of rotatable bonds is 3. The number of hydrogen-bond donors (Lipinski definition) is 1. The maximum absolute atomic E-state index is 13.3. The predicted octanol–water partition coefficient (Wildman–Crippen LogP) is 6.01. The van der Waals surface area contributed by atoms with Crippen LogP contribution in [0.4, 0.5) is 4.39 Å². The molecule has 0 unspecified atom stereocenters. The van der Waals surface area contributed by atoms with E-state index in [4.69, 9.17) is 4.98 Å². The number of amides is 1. The molecule has 32 heavy (non-hydrogen) atoms. The van der Waals surface area contributed by atoms with Gasteiger partial charge in [0.2, 0.25) is 0 Å². The third-order valence-electron chi connectivity index (χ3n) is 6.59. The highest BCUT2D eigenvalue weighted by molar-refractivity contribution is 5.98. The topological polar surface area (TPSA) is 49.0 Å². The van der Waals surface area contributed by atoms with Crippen LogP contribution in [0, 0.1) is 19.7 Å². The van der Waals surface area contributed by atoms with Gasteiger partial charge in [-0.15, -0.1) is 0 Å². The first-order chi connectivity index (χ1) is 15.5. The lowest BCUT2D eigenvalue weighted by molar-refractivity contribution is 0.0706. The Morgan fingerprint density at radius 3 is 2.72 bits per heavy atom. The number of aromatic amines is 1. The summed E-state index contributed by atoms with van der Waals surface area (Å²) in [5, 5.41) is 1.16. The van der Waals surface area contributed by atoms with Gasteiger partial charge >= 0.3 is 0 Å². The Kier molecular flexibility index (Phi) is 5.25. The molecule has 0 radical (unpaired) electrons. The van der Waals surface area contributed by atoms with Crippen LogP contribution in [0.25, 0.3) is 22.2 Å². The largest absolute Gasteiger partial charge is 0.358 e. The van der Waals surface area contributed by atoms with Crippen LogP contribution in [0.3, 0.4) is 0 Å². The molecule has 1 amide bonds. The molecule has 2 aromatic heterocycles. The minimum absolute atomic E-state index is 0.0659. The average molecular weight is 428 g/mol. The van der Waals surface area contributed by atoms with Gasteiger partial charge in [0.1, 0.15) is 5.82 Å². The lowest BCUT2D eigenvalue weighted by atomic mass is 9.93. The van der Waals surface area contributed by atoms with Gasteiger partial charge in [0.25, 0.3) is 5.91 Å². The highest BCUT2D eigenvalue weighted by Crippen LogP contribution is 2.29. The molecule has 4 nitrogen and oxygen atoms in total.